The predicted molar refractivity (Wildman–Crippen MR) is 72.5 cm³/mol. The van der Waals surface area contributed by atoms with Crippen LogP contribution in [0.5, 0.6) is 0 Å². The molecule has 0 saturated carbocycles. The molecule has 2 rings (SSSR count). The second-order valence-corrected chi connectivity index (χ2v) is 5.30. The third-order valence-electron chi connectivity index (χ3n) is 4.22. The van der Waals surface area contributed by atoms with E-state index in [0.29, 0.717) is 6.04 Å². The fourth-order valence-electron chi connectivity index (χ4n) is 2.96. The monoisotopic (exact) mass is 254 g/mol. The van der Waals surface area contributed by atoms with Gasteiger partial charge in [-0.1, -0.05) is 6.92 Å². The van der Waals surface area contributed by atoms with Crippen molar-refractivity contribution in [3.05, 3.63) is 0 Å². The third kappa shape index (κ3) is 2.95. The van der Waals surface area contributed by atoms with Crippen LogP contribution in [0, 0.1) is 0 Å². The maximum Gasteiger partial charge on any atom is 0.320 e. The molecule has 2 aliphatic rings. The Balaban J connectivity index is 1.80. The van der Waals surface area contributed by atoms with Crippen molar-refractivity contribution in [2.75, 3.05) is 45.8 Å². The minimum atomic E-state index is 0.243. The number of likely N-dealkylation sites (tertiary alicyclic amines) is 1. The van der Waals surface area contributed by atoms with Crippen molar-refractivity contribution in [3.63, 3.8) is 0 Å². The SMILES string of the molecule is CCC(CN)N1CCN(C(=O)N2CCCC2)CC1. The van der Waals surface area contributed by atoms with Gasteiger partial charge in [-0.25, -0.2) is 4.79 Å². The Morgan fingerprint density at radius 3 is 2.11 bits per heavy atom. The van der Waals surface area contributed by atoms with Gasteiger partial charge in [0.25, 0.3) is 0 Å². The average Bonchev–Trinajstić information content (AvgIpc) is 2.94. The van der Waals surface area contributed by atoms with E-state index in [4.69, 9.17) is 5.73 Å². The van der Waals surface area contributed by atoms with E-state index < -0.39 is 0 Å². The van der Waals surface area contributed by atoms with Gasteiger partial charge < -0.3 is 15.5 Å². The highest BCUT2D eigenvalue weighted by Crippen LogP contribution is 2.14. The first-order chi connectivity index (χ1) is 8.76. The Hall–Kier alpha value is -0.810. The van der Waals surface area contributed by atoms with Gasteiger partial charge in [0.1, 0.15) is 0 Å². The Kier molecular flexibility index (Phi) is 4.83. The number of nitrogens with two attached hydrogens (primary N) is 1. The lowest BCUT2D eigenvalue weighted by Gasteiger charge is -2.39. The molecule has 0 aliphatic carbocycles. The summed E-state index contributed by atoms with van der Waals surface area (Å²) in [7, 11) is 0. The fraction of sp³-hybridized carbons (Fsp3) is 0.923. The largest absolute Gasteiger partial charge is 0.329 e. The van der Waals surface area contributed by atoms with Crippen LogP contribution in [0.15, 0.2) is 0 Å². The second-order valence-electron chi connectivity index (χ2n) is 5.30. The molecule has 18 heavy (non-hydrogen) atoms. The topological polar surface area (TPSA) is 52.8 Å². The van der Waals surface area contributed by atoms with Crippen LogP contribution in [0.4, 0.5) is 4.79 Å². The molecule has 2 heterocycles. The number of amides is 2. The van der Waals surface area contributed by atoms with E-state index in [0.717, 1.165) is 65.1 Å². The predicted octanol–water partition coefficient (Wildman–Crippen LogP) is 0.557. The van der Waals surface area contributed by atoms with Crippen LogP contribution < -0.4 is 5.73 Å². The molecule has 5 heteroatoms. The van der Waals surface area contributed by atoms with Crippen LogP contribution >= 0.6 is 0 Å². The highest BCUT2D eigenvalue weighted by Gasteiger charge is 2.28. The van der Waals surface area contributed by atoms with Gasteiger partial charge in [0.15, 0.2) is 0 Å². The number of nitrogens with zero attached hydrogens (tertiary/aromatic N) is 3. The second kappa shape index (κ2) is 6.38. The number of hydrogen-bond acceptors (Lipinski definition) is 3. The first-order valence-electron chi connectivity index (χ1n) is 7.24. The number of carbonyl (C=O) groups is 1. The van der Waals surface area contributed by atoms with Crippen LogP contribution in [0.2, 0.25) is 0 Å². The van der Waals surface area contributed by atoms with Crippen LogP contribution in [0.3, 0.4) is 0 Å². The zero-order valence-corrected chi connectivity index (χ0v) is 11.5. The molecule has 0 radical (unpaired) electrons. The molecule has 0 spiro atoms. The lowest BCUT2D eigenvalue weighted by Crippen LogP contribution is -2.55. The highest BCUT2D eigenvalue weighted by molar-refractivity contribution is 5.74. The maximum atomic E-state index is 12.2. The standard InChI is InChI=1S/C13H26N4O/c1-2-12(11-14)15-7-9-17(10-8-15)13(18)16-5-3-4-6-16/h12H,2-11,14H2,1H3. The quantitative estimate of drug-likeness (QED) is 0.800. The van der Waals surface area contributed by atoms with Crippen molar-refractivity contribution in [1.29, 1.82) is 0 Å². The van der Waals surface area contributed by atoms with Crippen molar-refractivity contribution in [2.45, 2.75) is 32.2 Å². The maximum absolute atomic E-state index is 12.2. The summed E-state index contributed by atoms with van der Waals surface area (Å²) in [5, 5.41) is 0. The highest BCUT2D eigenvalue weighted by atomic mass is 16.2. The zero-order chi connectivity index (χ0) is 13.0. The summed E-state index contributed by atoms with van der Waals surface area (Å²) in [6, 6.07) is 0.724. The molecule has 2 fully saturated rings. The van der Waals surface area contributed by atoms with Crippen molar-refractivity contribution < 1.29 is 4.79 Å². The summed E-state index contributed by atoms with van der Waals surface area (Å²) < 4.78 is 0. The van der Waals surface area contributed by atoms with Crippen LogP contribution in [-0.2, 0) is 0 Å². The number of rotatable bonds is 3. The smallest absolute Gasteiger partial charge is 0.320 e. The third-order valence-corrected chi connectivity index (χ3v) is 4.22. The van der Waals surface area contributed by atoms with Gasteiger partial charge in [0.2, 0.25) is 0 Å². The van der Waals surface area contributed by atoms with Crippen molar-refractivity contribution in [1.82, 2.24) is 14.7 Å². The number of piperazine rings is 1. The molecule has 2 aliphatic heterocycles. The van der Waals surface area contributed by atoms with Gasteiger partial charge in [0, 0.05) is 51.9 Å². The minimum absolute atomic E-state index is 0.243. The molecule has 0 aromatic heterocycles. The molecule has 0 aromatic rings. The molecule has 1 atom stereocenters. The van der Waals surface area contributed by atoms with Gasteiger partial charge in [-0.2, -0.15) is 0 Å². The van der Waals surface area contributed by atoms with E-state index in [9.17, 15) is 4.79 Å². The van der Waals surface area contributed by atoms with Crippen LogP contribution in [0.1, 0.15) is 26.2 Å². The van der Waals surface area contributed by atoms with Gasteiger partial charge in [0.05, 0.1) is 0 Å². The van der Waals surface area contributed by atoms with Gasteiger partial charge >= 0.3 is 6.03 Å². The molecule has 2 N–H and O–H groups in total. The summed E-state index contributed by atoms with van der Waals surface area (Å²) in [6.45, 7) is 8.43. The molecule has 2 amide bonds. The normalized spacial score (nSPS) is 23.4. The molecule has 1 unspecified atom stereocenters. The van der Waals surface area contributed by atoms with E-state index in [-0.39, 0.29) is 6.03 Å². The minimum Gasteiger partial charge on any atom is -0.329 e. The molecule has 5 nitrogen and oxygen atoms in total. The number of carbonyl (C=O) groups excluding carboxylic acids is 1. The van der Waals surface area contributed by atoms with Crippen molar-refractivity contribution >= 4 is 6.03 Å². The Morgan fingerprint density at radius 2 is 1.61 bits per heavy atom. The first-order valence-corrected chi connectivity index (χ1v) is 7.24. The summed E-state index contributed by atoms with van der Waals surface area (Å²) in [6.07, 6.45) is 3.42. The summed E-state index contributed by atoms with van der Waals surface area (Å²) in [5.41, 5.74) is 5.78. The fourth-order valence-corrected chi connectivity index (χ4v) is 2.96. The first kappa shape index (κ1) is 13.6. The Morgan fingerprint density at radius 1 is 1.06 bits per heavy atom. The summed E-state index contributed by atoms with van der Waals surface area (Å²) in [5.74, 6) is 0. The molecule has 2 saturated heterocycles. The van der Waals surface area contributed by atoms with Gasteiger partial charge in [-0.15, -0.1) is 0 Å². The number of hydrogen-bond donors (Lipinski definition) is 1. The zero-order valence-electron chi connectivity index (χ0n) is 11.5. The summed E-state index contributed by atoms with van der Waals surface area (Å²) >= 11 is 0. The molecule has 104 valence electrons. The van der Waals surface area contributed by atoms with Gasteiger partial charge in [-0.3, -0.25) is 4.90 Å². The lowest BCUT2D eigenvalue weighted by molar-refractivity contribution is 0.0948. The molecule has 0 aromatic carbocycles. The van der Waals surface area contributed by atoms with Crippen molar-refractivity contribution in [3.8, 4) is 0 Å². The van der Waals surface area contributed by atoms with Crippen molar-refractivity contribution in [2.24, 2.45) is 5.73 Å². The molecule has 0 bridgehead atoms. The van der Waals surface area contributed by atoms with Crippen LogP contribution in [-0.4, -0.2) is 72.6 Å². The lowest BCUT2D eigenvalue weighted by atomic mass is 10.1. The van der Waals surface area contributed by atoms with E-state index >= 15 is 0 Å². The van der Waals surface area contributed by atoms with E-state index in [1.165, 1.54) is 0 Å². The van der Waals surface area contributed by atoms with E-state index in [1.807, 2.05) is 9.80 Å². The number of urea groups is 1. The Labute approximate surface area is 110 Å². The molecular formula is C13H26N4O. The molecular weight excluding hydrogens is 228 g/mol. The van der Waals surface area contributed by atoms with E-state index in [1.54, 1.807) is 0 Å². The average molecular weight is 254 g/mol. The van der Waals surface area contributed by atoms with Crippen LogP contribution in [0.25, 0.3) is 0 Å². The van der Waals surface area contributed by atoms with Gasteiger partial charge in [-0.05, 0) is 19.3 Å². The Bertz CT molecular complexity index is 266. The summed E-state index contributed by atoms with van der Waals surface area (Å²) in [4.78, 5) is 18.6. The van der Waals surface area contributed by atoms with E-state index in [2.05, 4.69) is 11.8 Å².